The molecule has 0 aliphatic carbocycles. The number of para-hydroxylation sites is 2. The Morgan fingerprint density at radius 1 is 1.45 bits per heavy atom. The fraction of sp³-hybridized carbons (Fsp3) is 0.467. The molecule has 1 aromatic heterocycles. The minimum Gasteiger partial charge on any atom is -0.352 e. The lowest BCUT2D eigenvalue weighted by Gasteiger charge is -2.13. The molecule has 5 heteroatoms. The second-order valence-electron chi connectivity index (χ2n) is 4.91. The summed E-state index contributed by atoms with van der Waals surface area (Å²) >= 11 is 1.71. The molecule has 1 amide bonds. The van der Waals surface area contributed by atoms with Crippen molar-refractivity contribution in [2.24, 2.45) is 0 Å². The quantitative estimate of drug-likeness (QED) is 0.890. The van der Waals surface area contributed by atoms with Crippen molar-refractivity contribution < 1.29 is 4.79 Å². The Morgan fingerprint density at radius 2 is 2.20 bits per heavy atom. The number of carbonyl (C=O) groups is 1. The first-order valence-corrected chi connectivity index (χ1v) is 8.27. The van der Waals surface area contributed by atoms with Crippen LogP contribution < -0.4 is 5.32 Å². The van der Waals surface area contributed by atoms with Crippen LogP contribution in [0.2, 0.25) is 0 Å². The lowest BCUT2D eigenvalue weighted by molar-refractivity contribution is -0.122. The van der Waals surface area contributed by atoms with Crippen molar-refractivity contribution in [3.8, 4) is 0 Å². The van der Waals surface area contributed by atoms with Gasteiger partial charge in [-0.15, -0.1) is 0 Å². The number of amides is 1. The van der Waals surface area contributed by atoms with Crippen molar-refractivity contribution in [1.29, 1.82) is 0 Å². The van der Waals surface area contributed by atoms with Crippen LogP contribution in [-0.2, 0) is 17.1 Å². The zero-order valence-corrected chi connectivity index (χ0v) is 13.0. The molecular formula is C15H21N3OS. The van der Waals surface area contributed by atoms with E-state index in [9.17, 15) is 4.79 Å². The van der Waals surface area contributed by atoms with E-state index in [4.69, 9.17) is 0 Å². The maximum absolute atomic E-state index is 12.1. The first kappa shape index (κ1) is 14.9. The highest BCUT2D eigenvalue weighted by molar-refractivity contribution is 7.97. The van der Waals surface area contributed by atoms with Crippen molar-refractivity contribution in [3.05, 3.63) is 30.1 Å². The zero-order chi connectivity index (χ0) is 14.5. The first-order valence-electron chi connectivity index (χ1n) is 6.88. The van der Waals surface area contributed by atoms with Crippen LogP contribution in [-0.4, -0.2) is 27.8 Å². The van der Waals surface area contributed by atoms with Gasteiger partial charge in [-0.2, -0.15) is 11.8 Å². The number of carbonyl (C=O) groups excluding carboxylic acids is 1. The summed E-state index contributed by atoms with van der Waals surface area (Å²) in [6.45, 7) is 4.42. The number of nitrogens with one attached hydrogen (secondary N) is 1. The number of thioether (sulfide) groups is 1. The van der Waals surface area contributed by atoms with E-state index >= 15 is 0 Å². The maximum atomic E-state index is 12.1. The van der Waals surface area contributed by atoms with Gasteiger partial charge in [0.25, 0.3) is 0 Å². The van der Waals surface area contributed by atoms with Gasteiger partial charge in [0.15, 0.2) is 0 Å². The molecule has 0 radical (unpaired) electrons. The Labute approximate surface area is 124 Å². The molecule has 1 atom stereocenters. The van der Waals surface area contributed by atoms with Gasteiger partial charge in [0.1, 0.15) is 12.4 Å². The maximum Gasteiger partial charge on any atom is 0.240 e. The Morgan fingerprint density at radius 3 is 2.90 bits per heavy atom. The highest BCUT2D eigenvalue weighted by atomic mass is 32.2. The molecule has 2 aromatic rings. The lowest BCUT2D eigenvalue weighted by atomic mass is 10.2. The summed E-state index contributed by atoms with van der Waals surface area (Å²) in [5.41, 5.74) is 1.98. The summed E-state index contributed by atoms with van der Waals surface area (Å²) in [7, 11) is 0. The molecule has 20 heavy (non-hydrogen) atoms. The minimum atomic E-state index is 0.0462. The minimum absolute atomic E-state index is 0.0462. The molecular weight excluding hydrogens is 270 g/mol. The molecule has 1 aromatic carbocycles. The predicted octanol–water partition coefficient (Wildman–Crippen LogP) is 2.81. The SMILES string of the molecule is CCC(C)NC(=O)Cn1c(CSC)nc2ccccc21. The van der Waals surface area contributed by atoms with E-state index in [1.165, 1.54) is 0 Å². The van der Waals surface area contributed by atoms with E-state index in [2.05, 4.69) is 17.2 Å². The van der Waals surface area contributed by atoms with Gasteiger partial charge in [-0.25, -0.2) is 4.98 Å². The summed E-state index contributed by atoms with van der Waals surface area (Å²) in [4.78, 5) is 16.7. The zero-order valence-electron chi connectivity index (χ0n) is 12.2. The first-order chi connectivity index (χ1) is 9.65. The topological polar surface area (TPSA) is 46.9 Å². The Kier molecular flexibility index (Phi) is 5.06. The number of rotatable bonds is 6. The summed E-state index contributed by atoms with van der Waals surface area (Å²) in [6.07, 6.45) is 2.98. The molecule has 0 aliphatic heterocycles. The normalized spacial score (nSPS) is 12.6. The van der Waals surface area contributed by atoms with Crippen LogP contribution in [0.25, 0.3) is 11.0 Å². The van der Waals surface area contributed by atoms with Gasteiger partial charge in [0.05, 0.1) is 16.8 Å². The molecule has 0 fully saturated rings. The summed E-state index contributed by atoms with van der Waals surface area (Å²) in [5.74, 6) is 1.81. The van der Waals surface area contributed by atoms with E-state index in [1.807, 2.05) is 42.0 Å². The standard InChI is InChI=1S/C15H21N3OS/c1-4-11(2)16-15(19)9-18-13-8-6-5-7-12(13)17-14(18)10-20-3/h5-8,11H,4,9-10H2,1-3H3,(H,16,19). The van der Waals surface area contributed by atoms with Crippen LogP contribution in [0.1, 0.15) is 26.1 Å². The predicted molar refractivity (Wildman–Crippen MR) is 84.8 cm³/mol. The number of nitrogens with zero attached hydrogens (tertiary/aromatic N) is 2. The summed E-state index contributed by atoms with van der Waals surface area (Å²) < 4.78 is 2.02. The third-order valence-electron chi connectivity index (χ3n) is 3.33. The molecule has 1 heterocycles. The third-order valence-corrected chi connectivity index (χ3v) is 3.88. The monoisotopic (exact) mass is 291 g/mol. The van der Waals surface area contributed by atoms with Crippen LogP contribution in [0.3, 0.4) is 0 Å². The molecule has 1 N–H and O–H groups in total. The smallest absolute Gasteiger partial charge is 0.240 e. The summed E-state index contributed by atoms with van der Waals surface area (Å²) in [6, 6.07) is 8.17. The molecule has 0 spiro atoms. The van der Waals surface area contributed by atoms with Gasteiger partial charge in [0.2, 0.25) is 5.91 Å². The number of fused-ring (bicyclic) bond motifs is 1. The van der Waals surface area contributed by atoms with Crippen LogP contribution in [0.15, 0.2) is 24.3 Å². The molecule has 0 saturated heterocycles. The van der Waals surface area contributed by atoms with Crippen molar-refractivity contribution in [1.82, 2.24) is 14.9 Å². The molecule has 1 unspecified atom stereocenters. The Hall–Kier alpha value is -1.49. The van der Waals surface area contributed by atoms with Gasteiger partial charge in [-0.1, -0.05) is 19.1 Å². The number of hydrogen-bond acceptors (Lipinski definition) is 3. The molecule has 0 bridgehead atoms. The van der Waals surface area contributed by atoms with Gasteiger partial charge < -0.3 is 9.88 Å². The van der Waals surface area contributed by atoms with Gasteiger partial charge in [-0.05, 0) is 31.7 Å². The van der Waals surface area contributed by atoms with E-state index < -0.39 is 0 Å². The molecule has 0 aliphatic rings. The van der Waals surface area contributed by atoms with Crippen LogP contribution in [0, 0.1) is 0 Å². The van der Waals surface area contributed by atoms with Crippen LogP contribution >= 0.6 is 11.8 Å². The number of benzene rings is 1. The largest absolute Gasteiger partial charge is 0.352 e. The van der Waals surface area contributed by atoms with Crippen LogP contribution in [0.4, 0.5) is 0 Å². The van der Waals surface area contributed by atoms with Crippen molar-refractivity contribution in [3.63, 3.8) is 0 Å². The van der Waals surface area contributed by atoms with Crippen molar-refractivity contribution >= 4 is 28.7 Å². The van der Waals surface area contributed by atoms with Gasteiger partial charge in [0, 0.05) is 6.04 Å². The fourth-order valence-electron chi connectivity index (χ4n) is 2.11. The van der Waals surface area contributed by atoms with Crippen molar-refractivity contribution in [2.75, 3.05) is 6.26 Å². The highest BCUT2D eigenvalue weighted by Gasteiger charge is 2.13. The number of hydrogen-bond donors (Lipinski definition) is 1. The number of imidazole rings is 1. The van der Waals surface area contributed by atoms with Crippen molar-refractivity contribution in [2.45, 2.75) is 38.6 Å². The third kappa shape index (κ3) is 3.33. The van der Waals surface area contributed by atoms with E-state index in [0.29, 0.717) is 6.54 Å². The average molecular weight is 291 g/mol. The Balaban J connectivity index is 2.27. The highest BCUT2D eigenvalue weighted by Crippen LogP contribution is 2.18. The molecule has 0 saturated carbocycles. The lowest BCUT2D eigenvalue weighted by Crippen LogP contribution is -2.34. The van der Waals surface area contributed by atoms with Crippen LogP contribution in [0.5, 0.6) is 0 Å². The van der Waals surface area contributed by atoms with E-state index in [0.717, 1.165) is 29.0 Å². The molecule has 2 rings (SSSR count). The average Bonchev–Trinajstić information content (AvgIpc) is 2.77. The fourth-order valence-corrected chi connectivity index (χ4v) is 2.59. The Bertz CT molecular complexity index is 594. The van der Waals surface area contributed by atoms with E-state index in [-0.39, 0.29) is 11.9 Å². The number of aromatic nitrogens is 2. The van der Waals surface area contributed by atoms with E-state index in [1.54, 1.807) is 11.8 Å². The van der Waals surface area contributed by atoms with Gasteiger partial charge >= 0.3 is 0 Å². The summed E-state index contributed by atoms with van der Waals surface area (Å²) in [5, 5.41) is 3.01. The molecule has 4 nitrogen and oxygen atoms in total. The van der Waals surface area contributed by atoms with Gasteiger partial charge in [-0.3, -0.25) is 4.79 Å². The second kappa shape index (κ2) is 6.79. The second-order valence-corrected chi connectivity index (χ2v) is 5.78. The molecule has 108 valence electrons.